The second-order valence-electron chi connectivity index (χ2n) is 10.6. The number of hydrogen-bond acceptors (Lipinski definition) is 4. The summed E-state index contributed by atoms with van der Waals surface area (Å²) in [6, 6.07) is 31.2. The second-order valence-corrected chi connectivity index (χ2v) is 13.7. The molecule has 1 N–H and O–H groups in total. The number of aryl methyl sites for hydroxylation is 1. The summed E-state index contributed by atoms with van der Waals surface area (Å²) in [6.45, 7) is 5.35. The molecule has 43 heavy (non-hydrogen) atoms. The van der Waals surface area contributed by atoms with E-state index >= 15 is 0 Å². The van der Waals surface area contributed by atoms with E-state index in [0.29, 0.717) is 5.69 Å². The van der Waals surface area contributed by atoms with Crippen molar-refractivity contribution in [2.24, 2.45) is 0 Å². The minimum Gasteiger partial charge on any atom is -0.352 e. The molecule has 4 aromatic carbocycles. The number of amides is 2. The molecule has 0 aliphatic rings. The zero-order chi connectivity index (χ0) is 31.0. The second kappa shape index (κ2) is 14.7. The molecule has 0 aliphatic heterocycles. The Bertz CT molecular complexity index is 1630. The molecular formula is C34H36IN3O4S. The van der Waals surface area contributed by atoms with Crippen LogP contribution in [0.1, 0.15) is 30.5 Å². The fourth-order valence-electron chi connectivity index (χ4n) is 4.76. The van der Waals surface area contributed by atoms with E-state index in [0.717, 1.165) is 24.6 Å². The fourth-order valence-corrected chi connectivity index (χ4v) is 6.56. The number of rotatable bonds is 12. The van der Waals surface area contributed by atoms with Gasteiger partial charge in [0.15, 0.2) is 0 Å². The average Bonchev–Trinajstić information content (AvgIpc) is 2.99. The molecule has 0 aromatic heterocycles. The van der Waals surface area contributed by atoms with E-state index in [2.05, 4.69) is 27.9 Å². The Kier molecular flexibility index (Phi) is 11.0. The van der Waals surface area contributed by atoms with Crippen molar-refractivity contribution in [1.29, 1.82) is 0 Å². The zero-order valence-electron chi connectivity index (χ0n) is 24.5. The molecule has 9 heteroatoms. The van der Waals surface area contributed by atoms with Crippen molar-refractivity contribution in [2.45, 2.75) is 50.7 Å². The van der Waals surface area contributed by atoms with E-state index in [1.807, 2.05) is 75.4 Å². The number of nitrogens with one attached hydrogen (secondary N) is 1. The Morgan fingerprint density at radius 2 is 1.40 bits per heavy atom. The van der Waals surface area contributed by atoms with Gasteiger partial charge in [-0.3, -0.25) is 13.9 Å². The third-order valence-electron chi connectivity index (χ3n) is 7.03. The van der Waals surface area contributed by atoms with Crippen molar-refractivity contribution in [3.05, 3.63) is 129 Å². The van der Waals surface area contributed by atoms with Crippen LogP contribution in [-0.2, 0) is 32.6 Å². The smallest absolute Gasteiger partial charge is 0.264 e. The van der Waals surface area contributed by atoms with Gasteiger partial charge in [-0.2, -0.15) is 0 Å². The molecule has 224 valence electrons. The SMILES string of the molecule is Cc1ccccc1CN(C(=O)CN(c1ccc(I)cc1)S(=O)(=O)c1ccccc1)[C@H](Cc1ccccc1)C(=O)NC(C)C. The molecule has 0 radical (unpaired) electrons. The van der Waals surface area contributed by atoms with Gasteiger partial charge in [0.1, 0.15) is 12.6 Å². The average molecular weight is 710 g/mol. The lowest BCUT2D eigenvalue weighted by atomic mass is 10.0. The Morgan fingerprint density at radius 1 is 0.814 bits per heavy atom. The molecule has 0 saturated carbocycles. The molecule has 1 atom stereocenters. The van der Waals surface area contributed by atoms with Crippen LogP contribution in [-0.4, -0.2) is 43.8 Å². The van der Waals surface area contributed by atoms with Crippen LogP contribution < -0.4 is 9.62 Å². The molecule has 7 nitrogen and oxygen atoms in total. The summed E-state index contributed by atoms with van der Waals surface area (Å²) >= 11 is 2.15. The Morgan fingerprint density at radius 3 is 2.00 bits per heavy atom. The van der Waals surface area contributed by atoms with Gasteiger partial charge in [-0.05, 0) is 96.5 Å². The molecule has 0 bridgehead atoms. The maximum Gasteiger partial charge on any atom is 0.264 e. The maximum absolute atomic E-state index is 14.4. The standard InChI is InChI=1S/C34H36IN3O4S/c1-25(2)36-34(40)32(22-27-13-6-4-7-14-27)37(23-28-15-11-10-12-26(28)3)33(39)24-38(30-20-18-29(35)19-21-30)43(41,42)31-16-8-5-9-17-31/h4-21,25,32H,22-24H2,1-3H3,(H,36,40)/t32-/m1/s1. The van der Waals surface area contributed by atoms with Crippen molar-refractivity contribution in [3.63, 3.8) is 0 Å². The predicted molar refractivity (Wildman–Crippen MR) is 179 cm³/mol. The van der Waals surface area contributed by atoms with Crippen molar-refractivity contribution >= 4 is 50.1 Å². The van der Waals surface area contributed by atoms with E-state index < -0.39 is 28.5 Å². The lowest BCUT2D eigenvalue weighted by Crippen LogP contribution is -2.54. The van der Waals surface area contributed by atoms with E-state index in [4.69, 9.17) is 0 Å². The highest BCUT2D eigenvalue weighted by molar-refractivity contribution is 14.1. The fraction of sp³-hybridized carbons (Fsp3) is 0.235. The third-order valence-corrected chi connectivity index (χ3v) is 9.54. The highest BCUT2D eigenvalue weighted by Crippen LogP contribution is 2.26. The molecule has 4 aromatic rings. The zero-order valence-corrected chi connectivity index (χ0v) is 27.5. The van der Waals surface area contributed by atoms with Gasteiger partial charge in [-0.25, -0.2) is 8.42 Å². The Hall–Kier alpha value is -3.70. The summed E-state index contributed by atoms with van der Waals surface area (Å²) in [5.41, 5.74) is 3.09. The third kappa shape index (κ3) is 8.45. The monoisotopic (exact) mass is 709 g/mol. The molecule has 0 fully saturated rings. The summed E-state index contributed by atoms with van der Waals surface area (Å²) in [7, 11) is -4.12. The number of benzene rings is 4. The van der Waals surface area contributed by atoms with E-state index in [9.17, 15) is 18.0 Å². The summed E-state index contributed by atoms with van der Waals surface area (Å²) in [5, 5.41) is 2.98. The van der Waals surface area contributed by atoms with Crippen LogP contribution in [0.4, 0.5) is 5.69 Å². The molecule has 0 aliphatic carbocycles. The van der Waals surface area contributed by atoms with Crippen LogP contribution in [0.2, 0.25) is 0 Å². The van der Waals surface area contributed by atoms with Crippen LogP contribution >= 0.6 is 22.6 Å². The topological polar surface area (TPSA) is 86.8 Å². The first kappa shape index (κ1) is 32.2. The van der Waals surface area contributed by atoms with Crippen molar-refractivity contribution in [3.8, 4) is 0 Å². The highest BCUT2D eigenvalue weighted by Gasteiger charge is 2.35. The van der Waals surface area contributed by atoms with Gasteiger partial charge in [0.05, 0.1) is 10.6 Å². The summed E-state index contributed by atoms with van der Waals surface area (Å²) in [5.74, 6) is -0.784. The lowest BCUT2D eigenvalue weighted by molar-refractivity contribution is -0.140. The van der Waals surface area contributed by atoms with Gasteiger partial charge < -0.3 is 10.2 Å². The first-order valence-electron chi connectivity index (χ1n) is 14.1. The van der Waals surface area contributed by atoms with E-state index in [1.165, 1.54) is 17.0 Å². The van der Waals surface area contributed by atoms with E-state index in [1.54, 1.807) is 42.5 Å². The quantitative estimate of drug-likeness (QED) is 0.184. The van der Waals surface area contributed by atoms with E-state index in [-0.39, 0.29) is 29.8 Å². The summed E-state index contributed by atoms with van der Waals surface area (Å²) in [6.07, 6.45) is 0.270. The van der Waals surface area contributed by atoms with Crippen LogP contribution in [0.3, 0.4) is 0 Å². The molecule has 4 rings (SSSR count). The number of carbonyl (C=O) groups is 2. The first-order chi connectivity index (χ1) is 20.6. The number of carbonyl (C=O) groups excluding carboxylic acids is 2. The van der Waals surface area contributed by atoms with Crippen LogP contribution in [0.25, 0.3) is 0 Å². The largest absolute Gasteiger partial charge is 0.352 e. The minimum absolute atomic E-state index is 0.0743. The number of hydrogen-bond donors (Lipinski definition) is 1. The van der Waals surface area contributed by atoms with Crippen molar-refractivity contribution < 1.29 is 18.0 Å². The predicted octanol–water partition coefficient (Wildman–Crippen LogP) is 5.96. The van der Waals surface area contributed by atoms with Gasteiger partial charge >= 0.3 is 0 Å². The number of halogens is 1. The molecule has 0 unspecified atom stereocenters. The molecule has 0 spiro atoms. The molecular weight excluding hydrogens is 673 g/mol. The minimum atomic E-state index is -4.12. The van der Waals surface area contributed by atoms with Crippen LogP contribution in [0.5, 0.6) is 0 Å². The maximum atomic E-state index is 14.4. The first-order valence-corrected chi connectivity index (χ1v) is 16.6. The lowest BCUT2D eigenvalue weighted by Gasteiger charge is -2.34. The summed E-state index contributed by atoms with van der Waals surface area (Å²) in [4.78, 5) is 29.8. The number of sulfonamides is 1. The van der Waals surface area contributed by atoms with Gasteiger partial charge in [-0.1, -0.05) is 72.8 Å². The normalized spacial score (nSPS) is 12.0. The van der Waals surface area contributed by atoms with Crippen LogP contribution in [0, 0.1) is 10.5 Å². The van der Waals surface area contributed by atoms with Crippen molar-refractivity contribution in [1.82, 2.24) is 10.2 Å². The molecule has 0 heterocycles. The summed E-state index contributed by atoms with van der Waals surface area (Å²) < 4.78 is 30.1. The number of anilines is 1. The van der Waals surface area contributed by atoms with Crippen molar-refractivity contribution in [2.75, 3.05) is 10.8 Å². The van der Waals surface area contributed by atoms with Gasteiger partial charge in [-0.15, -0.1) is 0 Å². The molecule has 0 saturated heterocycles. The Balaban J connectivity index is 1.80. The number of nitrogens with zero attached hydrogens (tertiary/aromatic N) is 2. The van der Waals surface area contributed by atoms with Gasteiger partial charge in [0.2, 0.25) is 11.8 Å². The van der Waals surface area contributed by atoms with Gasteiger partial charge in [0, 0.05) is 22.6 Å². The molecule has 2 amide bonds. The Labute approximate surface area is 268 Å². The van der Waals surface area contributed by atoms with Gasteiger partial charge in [0.25, 0.3) is 10.0 Å². The highest BCUT2D eigenvalue weighted by atomic mass is 127. The van der Waals surface area contributed by atoms with Crippen LogP contribution in [0.15, 0.2) is 114 Å².